The second-order valence-electron chi connectivity index (χ2n) is 7.11. The van der Waals surface area contributed by atoms with Crippen molar-refractivity contribution in [3.8, 4) is 0 Å². The van der Waals surface area contributed by atoms with E-state index in [2.05, 4.69) is 0 Å². The summed E-state index contributed by atoms with van der Waals surface area (Å²) in [7, 11) is 1.41. The van der Waals surface area contributed by atoms with E-state index in [-0.39, 0.29) is 17.7 Å². The van der Waals surface area contributed by atoms with Crippen molar-refractivity contribution in [2.24, 2.45) is 0 Å². The van der Waals surface area contributed by atoms with Crippen molar-refractivity contribution in [3.05, 3.63) is 69.8 Å². The van der Waals surface area contributed by atoms with Crippen LogP contribution in [0.25, 0.3) is 0 Å². The van der Waals surface area contributed by atoms with E-state index in [4.69, 9.17) is 0 Å². The lowest BCUT2D eigenvalue weighted by Crippen LogP contribution is -2.43. The zero-order valence-corrected chi connectivity index (χ0v) is 16.2. The Bertz CT molecular complexity index is 910. The van der Waals surface area contributed by atoms with Crippen LogP contribution in [0.5, 0.6) is 0 Å². The fraction of sp³-hybridized carbons (Fsp3) is 0.333. The Hall–Kier alpha value is -3.42. The number of nitro benzene ring substituents is 1. The van der Waals surface area contributed by atoms with Crippen LogP contribution in [0.1, 0.15) is 28.8 Å². The molecule has 1 amide bonds. The topological polar surface area (TPSA) is 104 Å². The highest BCUT2D eigenvalue weighted by molar-refractivity contribution is 5.97. The number of carbonyl (C=O) groups excluding carboxylic acids is 1. The third-order valence-electron chi connectivity index (χ3n) is 5.21. The molecule has 1 N–H and O–H groups in total. The molecule has 0 aliphatic carbocycles. The van der Waals surface area contributed by atoms with Crippen molar-refractivity contribution in [2.45, 2.75) is 25.3 Å². The van der Waals surface area contributed by atoms with Crippen LogP contribution < -0.4 is 4.90 Å². The summed E-state index contributed by atoms with van der Waals surface area (Å²) in [5, 5.41) is 21.2. The minimum absolute atomic E-state index is 0.0986. The summed E-state index contributed by atoms with van der Waals surface area (Å²) in [6.07, 6.45) is 2.09. The number of carbonyl (C=O) groups is 2. The van der Waals surface area contributed by atoms with Crippen LogP contribution in [0, 0.1) is 10.1 Å². The zero-order valence-electron chi connectivity index (χ0n) is 16.2. The van der Waals surface area contributed by atoms with Gasteiger partial charge >= 0.3 is 5.97 Å². The third kappa shape index (κ3) is 4.53. The van der Waals surface area contributed by atoms with Gasteiger partial charge < -0.3 is 14.9 Å². The first-order valence-electron chi connectivity index (χ1n) is 9.45. The molecule has 1 atom stereocenters. The van der Waals surface area contributed by atoms with E-state index in [1.807, 2.05) is 11.0 Å². The van der Waals surface area contributed by atoms with Crippen LogP contribution in [0.2, 0.25) is 0 Å². The van der Waals surface area contributed by atoms with Gasteiger partial charge in [-0.1, -0.05) is 30.3 Å². The molecule has 2 aromatic carbocycles. The van der Waals surface area contributed by atoms with Crippen LogP contribution in [0.4, 0.5) is 11.4 Å². The first kappa shape index (κ1) is 20.3. The van der Waals surface area contributed by atoms with Crippen molar-refractivity contribution in [1.82, 2.24) is 4.90 Å². The number of hydrogen-bond acceptors (Lipinski definition) is 5. The maximum atomic E-state index is 12.9. The lowest BCUT2D eigenvalue weighted by atomic mass is 10.0. The SMILES string of the molecule is CN(C(=O)c1ccc(N2CCCC2)c([N+](=O)[O-])c1)C(Cc1ccccc1)C(=O)O. The minimum atomic E-state index is -1.13. The Labute approximate surface area is 168 Å². The smallest absolute Gasteiger partial charge is 0.326 e. The average Bonchev–Trinajstić information content (AvgIpc) is 3.25. The standard InChI is InChI=1S/C21H23N3O5/c1-22(19(21(26)27)13-15-7-3-2-4-8-15)20(25)16-9-10-17(18(14-16)24(28)29)23-11-5-6-12-23/h2-4,7-10,14,19H,5-6,11-13H2,1H3,(H,26,27). The number of benzene rings is 2. The Morgan fingerprint density at radius 3 is 2.41 bits per heavy atom. The molecule has 0 aromatic heterocycles. The van der Waals surface area contributed by atoms with Crippen LogP contribution in [0.3, 0.4) is 0 Å². The van der Waals surface area contributed by atoms with E-state index in [1.165, 1.54) is 19.2 Å². The summed E-state index contributed by atoms with van der Waals surface area (Å²) in [6, 6.07) is 12.3. The molecule has 0 radical (unpaired) electrons. The normalized spacial score (nSPS) is 14.4. The fourth-order valence-electron chi connectivity index (χ4n) is 3.60. The first-order chi connectivity index (χ1) is 13.9. The highest BCUT2D eigenvalue weighted by Gasteiger charge is 2.30. The van der Waals surface area contributed by atoms with Crippen molar-refractivity contribution in [3.63, 3.8) is 0 Å². The molecule has 152 valence electrons. The highest BCUT2D eigenvalue weighted by atomic mass is 16.6. The van der Waals surface area contributed by atoms with Gasteiger partial charge in [-0.3, -0.25) is 14.9 Å². The molecule has 8 nitrogen and oxygen atoms in total. The lowest BCUT2D eigenvalue weighted by molar-refractivity contribution is -0.384. The van der Waals surface area contributed by atoms with Crippen LogP contribution >= 0.6 is 0 Å². The van der Waals surface area contributed by atoms with Gasteiger partial charge in [-0.15, -0.1) is 0 Å². The number of nitro groups is 1. The Morgan fingerprint density at radius 2 is 1.83 bits per heavy atom. The third-order valence-corrected chi connectivity index (χ3v) is 5.21. The maximum absolute atomic E-state index is 12.9. The van der Waals surface area contributed by atoms with Gasteiger partial charge in [0.05, 0.1) is 4.92 Å². The number of rotatable bonds is 7. The minimum Gasteiger partial charge on any atom is -0.480 e. The molecule has 29 heavy (non-hydrogen) atoms. The number of likely N-dealkylation sites (N-methyl/N-ethyl adjacent to an activating group) is 1. The Kier molecular flexibility index (Phi) is 6.11. The zero-order chi connectivity index (χ0) is 21.0. The van der Waals surface area contributed by atoms with Crippen LogP contribution in [-0.2, 0) is 11.2 Å². The fourth-order valence-corrected chi connectivity index (χ4v) is 3.60. The second kappa shape index (κ2) is 8.72. The summed E-state index contributed by atoms with van der Waals surface area (Å²) < 4.78 is 0. The molecule has 1 heterocycles. The van der Waals surface area contributed by atoms with E-state index < -0.39 is 22.8 Å². The summed E-state index contributed by atoms with van der Waals surface area (Å²) in [4.78, 5) is 38.8. The number of hydrogen-bond donors (Lipinski definition) is 1. The summed E-state index contributed by atoms with van der Waals surface area (Å²) in [5.41, 5.74) is 1.24. The molecule has 1 aliphatic rings. The van der Waals surface area contributed by atoms with E-state index in [1.54, 1.807) is 30.3 Å². The molecule has 2 aromatic rings. The molecule has 0 bridgehead atoms. The van der Waals surface area contributed by atoms with Crippen molar-refractivity contribution < 1.29 is 19.6 Å². The number of carboxylic acids is 1. The quantitative estimate of drug-likeness (QED) is 0.569. The number of amides is 1. The van der Waals surface area contributed by atoms with Crippen molar-refractivity contribution in [2.75, 3.05) is 25.0 Å². The van der Waals surface area contributed by atoms with Gasteiger partial charge in [0.2, 0.25) is 0 Å². The monoisotopic (exact) mass is 397 g/mol. The molecule has 1 fully saturated rings. The second-order valence-corrected chi connectivity index (χ2v) is 7.11. The van der Waals surface area contributed by atoms with Gasteiger partial charge in [-0.05, 0) is 30.5 Å². The van der Waals surface area contributed by atoms with Gasteiger partial charge in [0.1, 0.15) is 11.7 Å². The molecule has 0 saturated carbocycles. The number of nitrogens with zero attached hydrogens (tertiary/aromatic N) is 3. The summed E-state index contributed by atoms with van der Waals surface area (Å²) in [5.74, 6) is -1.70. The van der Waals surface area contributed by atoms with Crippen molar-refractivity contribution in [1.29, 1.82) is 0 Å². The van der Waals surface area contributed by atoms with Gasteiger partial charge in [-0.25, -0.2) is 4.79 Å². The van der Waals surface area contributed by atoms with Gasteiger partial charge in [-0.2, -0.15) is 0 Å². The predicted molar refractivity (Wildman–Crippen MR) is 108 cm³/mol. The molecule has 8 heteroatoms. The van der Waals surface area contributed by atoms with Gasteiger partial charge in [0.25, 0.3) is 11.6 Å². The largest absolute Gasteiger partial charge is 0.480 e. The Balaban J connectivity index is 1.86. The van der Waals surface area contributed by atoms with Gasteiger partial charge in [0, 0.05) is 38.2 Å². The lowest BCUT2D eigenvalue weighted by Gasteiger charge is -2.25. The predicted octanol–water partition coefficient (Wildman–Crippen LogP) is 2.96. The first-order valence-corrected chi connectivity index (χ1v) is 9.45. The Morgan fingerprint density at radius 1 is 1.17 bits per heavy atom. The molecule has 1 unspecified atom stereocenters. The molecular formula is C21H23N3O5. The molecule has 1 aliphatic heterocycles. The molecule has 1 saturated heterocycles. The van der Waals surface area contributed by atoms with E-state index >= 15 is 0 Å². The molecular weight excluding hydrogens is 374 g/mol. The number of anilines is 1. The van der Waals surface area contributed by atoms with Crippen LogP contribution in [-0.4, -0.2) is 53.0 Å². The van der Waals surface area contributed by atoms with E-state index in [9.17, 15) is 24.8 Å². The molecule has 0 spiro atoms. The highest BCUT2D eigenvalue weighted by Crippen LogP contribution is 2.32. The van der Waals surface area contributed by atoms with E-state index in [0.717, 1.165) is 36.4 Å². The average molecular weight is 397 g/mol. The van der Waals surface area contributed by atoms with E-state index in [0.29, 0.717) is 5.69 Å². The maximum Gasteiger partial charge on any atom is 0.326 e. The number of carboxylic acid groups (broad SMARTS) is 1. The molecule has 3 rings (SSSR count). The number of aliphatic carboxylic acids is 1. The summed E-state index contributed by atoms with van der Waals surface area (Å²) >= 11 is 0. The van der Waals surface area contributed by atoms with Gasteiger partial charge in [0.15, 0.2) is 0 Å². The van der Waals surface area contributed by atoms with Crippen molar-refractivity contribution >= 4 is 23.3 Å². The summed E-state index contributed by atoms with van der Waals surface area (Å²) in [6.45, 7) is 1.48. The van der Waals surface area contributed by atoms with Crippen LogP contribution in [0.15, 0.2) is 48.5 Å².